The van der Waals surface area contributed by atoms with E-state index in [9.17, 15) is 4.79 Å². The highest BCUT2D eigenvalue weighted by Gasteiger charge is 2.18. The van der Waals surface area contributed by atoms with Crippen molar-refractivity contribution < 1.29 is 4.79 Å². The van der Waals surface area contributed by atoms with E-state index in [4.69, 9.17) is 0 Å². The molecule has 1 aromatic carbocycles. The molecule has 2 heteroatoms. The lowest BCUT2D eigenvalue weighted by Crippen LogP contribution is -2.32. The standard InChI is InChI=1S/C12H15NO/c1-9-5-7-10(8-6-9)11-3-2-4-12(14)13-11/h5-8,11H,2-4H2,1H3,(H,13,14)/t11-/m0/s1. The van der Waals surface area contributed by atoms with Crippen LogP contribution in [0.2, 0.25) is 0 Å². The molecule has 0 saturated carbocycles. The maximum absolute atomic E-state index is 11.2. The number of carbonyl (C=O) groups is 1. The molecule has 0 aromatic heterocycles. The molecule has 2 nitrogen and oxygen atoms in total. The maximum Gasteiger partial charge on any atom is 0.220 e. The van der Waals surface area contributed by atoms with Crippen LogP contribution in [0.15, 0.2) is 24.3 Å². The molecule has 1 aliphatic heterocycles. The number of carbonyl (C=O) groups excluding carboxylic acids is 1. The number of benzene rings is 1. The number of rotatable bonds is 1. The molecule has 1 amide bonds. The van der Waals surface area contributed by atoms with Crippen molar-refractivity contribution in [2.75, 3.05) is 0 Å². The zero-order valence-electron chi connectivity index (χ0n) is 8.42. The lowest BCUT2D eigenvalue weighted by atomic mass is 9.96. The molecule has 1 atom stereocenters. The summed E-state index contributed by atoms with van der Waals surface area (Å²) in [7, 11) is 0. The van der Waals surface area contributed by atoms with E-state index in [-0.39, 0.29) is 11.9 Å². The van der Waals surface area contributed by atoms with E-state index >= 15 is 0 Å². The molecule has 1 fully saturated rings. The average molecular weight is 189 g/mol. The molecule has 0 unspecified atom stereocenters. The monoisotopic (exact) mass is 189 g/mol. The molecule has 14 heavy (non-hydrogen) atoms. The SMILES string of the molecule is Cc1ccc([C@@H]2CCCC(=O)N2)cc1. The molecule has 1 heterocycles. The number of aryl methyl sites for hydroxylation is 1. The van der Waals surface area contributed by atoms with Crippen LogP contribution in [0.4, 0.5) is 0 Å². The lowest BCUT2D eigenvalue weighted by molar-refractivity contribution is -0.123. The van der Waals surface area contributed by atoms with Crippen LogP contribution in [-0.4, -0.2) is 5.91 Å². The Morgan fingerprint density at radius 1 is 1.29 bits per heavy atom. The first-order chi connectivity index (χ1) is 6.75. The number of piperidine rings is 1. The minimum Gasteiger partial charge on any atom is -0.349 e. The molecule has 0 radical (unpaired) electrons. The highest BCUT2D eigenvalue weighted by Crippen LogP contribution is 2.23. The van der Waals surface area contributed by atoms with Crippen molar-refractivity contribution in [1.29, 1.82) is 0 Å². The summed E-state index contributed by atoms with van der Waals surface area (Å²) < 4.78 is 0. The van der Waals surface area contributed by atoms with Gasteiger partial charge in [0.2, 0.25) is 5.91 Å². The van der Waals surface area contributed by atoms with Crippen molar-refractivity contribution in [3.05, 3.63) is 35.4 Å². The van der Waals surface area contributed by atoms with Crippen LogP contribution >= 0.6 is 0 Å². The van der Waals surface area contributed by atoms with E-state index in [0.717, 1.165) is 12.8 Å². The molecule has 74 valence electrons. The normalized spacial score (nSPS) is 21.8. The summed E-state index contributed by atoms with van der Waals surface area (Å²) in [6, 6.07) is 8.63. The van der Waals surface area contributed by atoms with Gasteiger partial charge in [0.05, 0.1) is 6.04 Å². The van der Waals surface area contributed by atoms with E-state index in [2.05, 4.69) is 36.5 Å². The van der Waals surface area contributed by atoms with Crippen LogP contribution in [0, 0.1) is 6.92 Å². The molecule has 1 N–H and O–H groups in total. The Bertz CT molecular complexity index is 329. The van der Waals surface area contributed by atoms with Gasteiger partial charge in [-0.15, -0.1) is 0 Å². The minimum atomic E-state index is 0.182. The van der Waals surface area contributed by atoms with E-state index in [1.54, 1.807) is 0 Å². The minimum absolute atomic E-state index is 0.182. The van der Waals surface area contributed by atoms with Gasteiger partial charge in [-0.2, -0.15) is 0 Å². The third-order valence-electron chi connectivity index (χ3n) is 2.71. The van der Waals surface area contributed by atoms with Crippen LogP contribution in [0.1, 0.15) is 36.4 Å². The Kier molecular flexibility index (Phi) is 2.53. The van der Waals surface area contributed by atoms with Gasteiger partial charge in [-0.1, -0.05) is 29.8 Å². The van der Waals surface area contributed by atoms with Crippen molar-refractivity contribution in [1.82, 2.24) is 5.32 Å². The molecule has 0 bridgehead atoms. The summed E-state index contributed by atoms with van der Waals surface area (Å²) in [5.74, 6) is 0.182. The molecular formula is C12H15NO. The van der Waals surface area contributed by atoms with Gasteiger partial charge < -0.3 is 5.32 Å². The Hall–Kier alpha value is -1.31. The second kappa shape index (κ2) is 3.82. The summed E-state index contributed by atoms with van der Waals surface area (Å²) in [5.41, 5.74) is 2.49. The average Bonchev–Trinajstić information content (AvgIpc) is 2.19. The molecular weight excluding hydrogens is 174 g/mol. The fraction of sp³-hybridized carbons (Fsp3) is 0.417. The summed E-state index contributed by atoms with van der Waals surface area (Å²) in [5, 5.41) is 3.01. The van der Waals surface area contributed by atoms with Crippen molar-refractivity contribution in [2.45, 2.75) is 32.2 Å². The Morgan fingerprint density at radius 3 is 2.64 bits per heavy atom. The number of amides is 1. The Morgan fingerprint density at radius 2 is 2.00 bits per heavy atom. The van der Waals surface area contributed by atoms with Gasteiger partial charge in [0.15, 0.2) is 0 Å². The van der Waals surface area contributed by atoms with Crippen LogP contribution < -0.4 is 5.32 Å². The smallest absolute Gasteiger partial charge is 0.220 e. The van der Waals surface area contributed by atoms with E-state index in [0.29, 0.717) is 6.42 Å². The van der Waals surface area contributed by atoms with Crippen LogP contribution in [0.3, 0.4) is 0 Å². The quantitative estimate of drug-likeness (QED) is 0.721. The van der Waals surface area contributed by atoms with Gasteiger partial charge in [0.25, 0.3) is 0 Å². The first-order valence-corrected chi connectivity index (χ1v) is 5.11. The Labute approximate surface area is 84.3 Å². The van der Waals surface area contributed by atoms with Crippen LogP contribution in [0.5, 0.6) is 0 Å². The van der Waals surface area contributed by atoms with E-state index < -0.39 is 0 Å². The van der Waals surface area contributed by atoms with Crippen molar-refractivity contribution in [3.63, 3.8) is 0 Å². The fourth-order valence-electron chi connectivity index (χ4n) is 1.85. The first kappa shape index (κ1) is 9.25. The number of hydrogen-bond donors (Lipinski definition) is 1. The molecule has 0 aliphatic carbocycles. The highest BCUT2D eigenvalue weighted by atomic mass is 16.1. The second-order valence-corrected chi connectivity index (χ2v) is 3.92. The zero-order valence-corrected chi connectivity index (χ0v) is 8.42. The van der Waals surface area contributed by atoms with Gasteiger partial charge in [0, 0.05) is 6.42 Å². The number of nitrogens with one attached hydrogen (secondary N) is 1. The van der Waals surface area contributed by atoms with Gasteiger partial charge in [-0.3, -0.25) is 4.79 Å². The fourth-order valence-corrected chi connectivity index (χ4v) is 1.85. The van der Waals surface area contributed by atoms with Gasteiger partial charge in [-0.25, -0.2) is 0 Å². The third kappa shape index (κ3) is 1.95. The molecule has 1 aliphatic rings. The number of hydrogen-bond acceptors (Lipinski definition) is 1. The topological polar surface area (TPSA) is 29.1 Å². The first-order valence-electron chi connectivity index (χ1n) is 5.11. The predicted molar refractivity (Wildman–Crippen MR) is 55.9 cm³/mol. The predicted octanol–water partition coefficient (Wildman–Crippen LogP) is 2.34. The molecule has 1 aromatic rings. The summed E-state index contributed by atoms with van der Waals surface area (Å²) in [4.78, 5) is 11.2. The molecule has 1 saturated heterocycles. The van der Waals surface area contributed by atoms with Gasteiger partial charge >= 0.3 is 0 Å². The van der Waals surface area contributed by atoms with Gasteiger partial charge in [-0.05, 0) is 25.3 Å². The van der Waals surface area contributed by atoms with Crippen molar-refractivity contribution in [3.8, 4) is 0 Å². The summed E-state index contributed by atoms with van der Waals surface area (Å²) >= 11 is 0. The lowest BCUT2D eigenvalue weighted by Gasteiger charge is -2.23. The van der Waals surface area contributed by atoms with Gasteiger partial charge in [0.1, 0.15) is 0 Å². The van der Waals surface area contributed by atoms with Crippen molar-refractivity contribution in [2.24, 2.45) is 0 Å². The third-order valence-corrected chi connectivity index (χ3v) is 2.71. The van der Waals surface area contributed by atoms with Crippen molar-refractivity contribution >= 4 is 5.91 Å². The van der Waals surface area contributed by atoms with Crippen LogP contribution in [-0.2, 0) is 4.79 Å². The zero-order chi connectivity index (χ0) is 9.97. The second-order valence-electron chi connectivity index (χ2n) is 3.92. The summed E-state index contributed by atoms with van der Waals surface area (Å²) in [6.45, 7) is 2.07. The Balaban J connectivity index is 2.14. The molecule has 0 spiro atoms. The molecule has 2 rings (SSSR count). The maximum atomic E-state index is 11.2. The summed E-state index contributed by atoms with van der Waals surface area (Å²) in [6.07, 6.45) is 2.75. The van der Waals surface area contributed by atoms with E-state index in [1.165, 1.54) is 11.1 Å². The van der Waals surface area contributed by atoms with Crippen LogP contribution in [0.25, 0.3) is 0 Å². The largest absolute Gasteiger partial charge is 0.349 e. The highest BCUT2D eigenvalue weighted by molar-refractivity contribution is 5.77. The van der Waals surface area contributed by atoms with E-state index in [1.807, 2.05) is 0 Å².